The third-order valence-corrected chi connectivity index (χ3v) is 7.30. The summed E-state index contributed by atoms with van der Waals surface area (Å²) in [5, 5.41) is 39.6. The maximum Gasteiger partial charge on any atom is 0.488 e. The quantitative estimate of drug-likeness (QED) is 0.347. The molecule has 36 heavy (non-hydrogen) atoms. The number of methoxy groups -OCH3 is 1. The first-order valence-corrected chi connectivity index (χ1v) is 11.6. The third-order valence-electron chi connectivity index (χ3n) is 7.30. The molecule has 2 aromatic carbocycles. The molecule has 2 amide bonds. The number of rotatable bonds is 5. The number of ether oxygens (including phenoxy) is 1. The molecule has 0 aromatic heterocycles. The Morgan fingerprint density at radius 1 is 1.17 bits per heavy atom. The normalized spacial score (nSPS) is 25.8. The van der Waals surface area contributed by atoms with Gasteiger partial charge in [0.05, 0.1) is 30.2 Å². The van der Waals surface area contributed by atoms with Gasteiger partial charge < -0.3 is 29.6 Å². The van der Waals surface area contributed by atoms with E-state index in [4.69, 9.17) is 9.39 Å². The number of fused-ring (bicyclic) bond motifs is 3. The molecule has 4 N–H and O–H groups in total. The van der Waals surface area contributed by atoms with Crippen molar-refractivity contribution in [1.29, 1.82) is 0 Å². The number of hydrogen-bond donors (Lipinski definition) is 4. The standard InChI is InChI=1S/C24H24B2FNO8/c1-35-11-13-7-17-21(24(31)28(23(17)30)15-4-2-3-14(9-15)25(32)33)16-10-20(36-26(34)22(13)16)12-5-6-19(29)18(27)8-12/h2-6,8-9,16-17,20-21,29,32-34H,7,10-11H2,1H3/t16-,17-,20-,21+/m0/s1. The monoisotopic (exact) mass is 495 g/mol. The first-order valence-electron chi connectivity index (χ1n) is 11.6. The Morgan fingerprint density at radius 3 is 2.64 bits per heavy atom. The molecule has 0 radical (unpaired) electrons. The van der Waals surface area contributed by atoms with Crippen molar-refractivity contribution in [2.75, 3.05) is 18.6 Å². The fraction of sp³-hybridized carbons (Fsp3) is 0.333. The fourth-order valence-electron chi connectivity index (χ4n) is 5.73. The van der Waals surface area contributed by atoms with E-state index in [1.54, 1.807) is 6.07 Å². The van der Waals surface area contributed by atoms with Crippen LogP contribution in [0.3, 0.4) is 0 Å². The highest BCUT2D eigenvalue weighted by atomic mass is 19.1. The Kier molecular flexibility index (Phi) is 6.48. The van der Waals surface area contributed by atoms with Gasteiger partial charge >= 0.3 is 14.2 Å². The van der Waals surface area contributed by atoms with Crippen LogP contribution in [0.2, 0.25) is 0 Å². The van der Waals surface area contributed by atoms with Crippen LogP contribution in [0, 0.1) is 23.6 Å². The van der Waals surface area contributed by atoms with E-state index in [1.807, 2.05) is 0 Å². The minimum atomic E-state index is -1.77. The second-order valence-corrected chi connectivity index (χ2v) is 9.34. The molecule has 2 aliphatic heterocycles. The van der Waals surface area contributed by atoms with E-state index < -0.39 is 61.5 Å². The molecule has 2 aromatic rings. The van der Waals surface area contributed by atoms with Crippen molar-refractivity contribution in [3.63, 3.8) is 0 Å². The summed E-state index contributed by atoms with van der Waals surface area (Å²) in [6, 6.07) is 9.73. The van der Waals surface area contributed by atoms with Gasteiger partial charge in [-0.25, -0.2) is 4.39 Å². The lowest BCUT2D eigenvalue weighted by Crippen LogP contribution is -2.45. The Morgan fingerprint density at radius 2 is 1.94 bits per heavy atom. The highest BCUT2D eigenvalue weighted by Crippen LogP contribution is 2.52. The number of hydrogen-bond acceptors (Lipinski definition) is 8. The van der Waals surface area contributed by atoms with Crippen LogP contribution in [-0.2, 0) is 19.0 Å². The maximum absolute atomic E-state index is 14.0. The molecule has 0 spiro atoms. The number of phenolic OH excluding ortho intramolecular Hbond substituents is 1. The number of allylic oxidation sites excluding steroid dienone is 1. The number of imide groups is 1. The van der Waals surface area contributed by atoms with Crippen LogP contribution in [0.4, 0.5) is 10.1 Å². The number of carbonyl (C=O) groups excluding carboxylic acids is 2. The smallest absolute Gasteiger partial charge is 0.488 e. The molecule has 0 saturated carbocycles. The lowest BCUT2D eigenvalue weighted by Gasteiger charge is -2.42. The molecular weight excluding hydrogens is 471 g/mol. The number of benzene rings is 2. The summed E-state index contributed by atoms with van der Waals surface area (Å²) in [6.45, 7) is 0.141. The van der Waals surface area contributed by atoms with Crippen molar-refractivity contribution in [2.24, 2.45) is 17.8 Å². The molecule has 2 fully saturated rings. The Bertz CT molecular complexity index is 1250. The predicted molar refractivity (Wildman–Crippen MR) is 127 cm³/mol. The van der Waals surface area contributed by atoms with Crippen LogP contribution in [-0.4, -0.2) is 59.9 Å². The number of anilines is 1. The van der Waals surface area contributed by atoms with Gasteiger partial charge in [0.25, 0.3) is 0 Å². The van der Waals surface area contributed by atoms with Crippen LogP contribution in [0.5, 0.6) is 5.75 Å². The number of nitrogens with zero attached hydrogens (tertiary/aromatic N) is 1. The SMILES string of the molecule is COCC1=C2B(O)O[C@H](c3ccc(O)c(F)c3)C[C@H]2[C@H]2C(=O)N(c3cccc(B(O)O)c3)C(=O)[C@H]2C1. The molecule has 9 nitrogen and oxygen atoms in total. The number of carbonyl (C=O) groups is 2. The number of amides is 2. The van der Waals surface area contributed by atoms with Crippen molar-refractivity contribution in [3.05, 3.63) is 64.9 Å². The zero-order valence-corrected chi connectivity index (χ0v) is 19.4. The second-order valence-electron chi connectivity index (χ2n) is 9.34. The zero-order chi connectivity index (χ0) is 25.7. The lowest BCUT2D eigenvalue weighted by atomic mass is 9.55. The number of aromatic hydroxyl groups is 1. The van der Waals surface area contributed by atoms with E-state index in [1.165, 1.54) is 37.4 Å². The summed E-state index contributed by atoms with van der Waals surface area (Å²) in [5.74, 6) is -4.31. The van der Waals surface area contributed by atoms with Crippen LogP contribution in [0.15, 0.2) is 53.5 Å². The van der Waals surface area contributed by atoms with Crippen molar-refractivity contribution < 1.29 is 43.5 Å². The first-order chi connectivity index (χ1) is 17.2. The molecule has 4 atom stereocenters. The maximum atomic E-state index is 14.0. The number of halogens is 1. The van der Waals surface area contributed by atoms with Crippen LogP contribution < -0.4 is 10.4 Å². The summed E-state index contributed by atoms with van der Waals surface area (Å²) in [6.07, 6.45) is -0.379. The Labute approximate surface area is 207 Å². The molecule has 12 heteroatoms. The molecule has 186 valence electrons. The zero-order valence-electron chi connectivity index (χ0n) is 19.4. The van der Waals surface area contributed by atoms with Gasteiger partial charge in [-0.2, -0.15) is 0 Å². The number of phenols is 1. The molecule has 1 aliphatic carbocycles. The van der Waals surface area contributed by atoms with Crippen molar-refractivity contribution in [2.45, 2.75) is 18.9 Å². The molecule has 3 aliphatic rings. The molecule has 0 bridgehead atoms. The summed E-state index contributed by atoms with van der Waals surface area (Å²) in [4.78, 5) is 28.3. The Balaban J connectivity index is 1.54. The van der Waals surface area contributed by atoms with E-state index in [-0.39, 0.29) is 30.6 Å². The van der Waals surface area contributed by atoms with Crippen LogP contribution in [0.25, 0.3) is 0 Å². The minimum Gasteiger partial charge on any atom is -0.505 e. The second kappa shape index (κ2) is 9.45. The van der Waals surface area contributed by atoms with Gasteiger partial charge in [0.15, 0.2) is 11.6 Å². The molecule has 2 saturated heterocycles. The highest BCUT2D eigenvalue weighted by molar-refractivity contribution is 6.58. The molecular formula is C24H24B2FNO8. The summed E-state index contributed by atoms with van der Waals surface area (Å²) >= 11 is 0. The predicted octanol–water partition coefficient (Wildman–Crippen LogP) is 0.461. The van der Waals surface area contributed by atoms with Gasteiger partial charge in [-0.15, -0.1) is 0 Å². The van der Waals surface area contributed by atoms with Crippen molar-refractivity contribution >= 4 is 37.2 Å². The van der Waals surface area contributed by atoms with Gasteiger partial charge in [0.1, 0.15) is 0 Å². The van der Waals surface area contributed by atoms with Gasteiger partial charge in [0, 0.05) is 7.11 Å². The summed E-state index contributed by atoms with van der Waals surface area (Å²) in [5.41, 5.74) is 1.92. The van der Waals surface area contributed by atoms with Gasteiger partial charge in [-0.1, -0.05) is 18.2 Å². The Hall–Kier alpha value is -3.02. The third kappa shape index (κ3) is 4.04. The lowest BCUT2D eigenvalue weighted by molar-refractivity contribution is -0.123. The highest BCUT2D eigenvalue weighted by Gasteiger charge is 2.58. The first kappa shape index (κ1) is 24.7. The van der Waals surface area contributed by atoms with Gasteiger partial charge in [0.2, 0.25) is 11.8 Å². The van der Waals surface area contributed by atoms with Gasteiger partial charge in [-0.05, 0) is 65.1 Å². The molecule has 2 heterocycles. The van der Waals surface area contributed by atoms with Crippen molar-refractivity contribution in [3.8, 4) is 5.75 Å². The fourth-order valence-corrected chi connectivity index (χ4v) is 5.73. The topological polar surface area (TPSA) is 137 Å². The summed E-state index contributed by atoms with van der Waals surface area (Å²) in [7, 11) is -1.66. The average Bonchev–Trinajstić information content (AvgIpc) is 3.10. The van der Waals surface area contributed by atoms with Gasteiger partial charge in [-0.3, -0.25) is 14.5 Å². The summed E-state index contributed by atoms with van der Waals surface area (Å²) < 4.78 is 25.2. The average molecular weight is 495 g/mol. The van der Waals surface area contributed by atoms with E-state index in [2.05, 4.69) is 0 Å². The van der Waals surface area contributed by atoms with Crippen molar-refractivity contribution in [1.82, 2.24) is 0 Å². The van der Waals surface area contributed by atoms with E-state index in [9.17, 15) is 34.2 Å². The van der Waals surface area contributed by atoms with E-state index in [0.29, 0.717) is 16.6 Å². The van der Waals surface area contributed by atoms with E-state index >= 15 is 0 Å². The molecule has 5 rings (SSSR count). The van der Waals surface area contributed by atoms with E-state index in [0.717, 1.165) is 11.0 Å². The van der Waals surface area contributed by atoms with Crippen LogP contribution in [0.1, 0.15) is 24.5 Å². The largest absolute Gasteiger partial charge is 0.505 e. The minimum absolute atomic E-state index is 0.137. The van der Waals surface area contributed by atoms with Crippen LogP contribution >= 0.6 is 0 Å². The molecule has 0 unspecified atom stereocenters.